The molecule has 1 aliphatic rings. The van der Waals surface area contributed by atoms with Gasteiger partial charge in [0.1, 0.15) is 0 Å². The number of nitrogens with two attached hydrogens (primary N) is 1. The second-order valence-corrected chi connectivity index (χ2v) is 6.89. The second-order valence-electron chi connectivity index (χ2n) is 6.89. The predicted molar refractivity (Wildman–Crippen MR) is 90.9 cm³/mol. The third kappa shape index (κ3) is 3.01. The van der Waals surface area contributed by atoms with Crippen molar-refractivity contribution < 1.29 is 17.7 Å². The third-order valence-electron chi connectivity index (χ3n) is 4.98. The van der Waals surface area contributed by atoms with Gasteiger partial charge in [-0.2, -0.15) is 23.3 Å². The van der Waals surface area contributed by atoms with E-state index < -0.39 is 17.4 Å². The van der Waals surface area contributed by atoms with Crippen LogP contribution in [0.1, 0.15) is 42.8 Å². The van der Waals surface area contributed by atoms with Gasteiger partial charge >= 0.3 is 6.18 Å². The molecule has 0 saturated heterocycles. The molecule has 4 rings (SSSR count). The van der Waals surface area contributed by atoms with Gasteiger partial charge in [0.25, 0.3) is 5.89 Å². The Kier molecular flexibility index (Phi) is 4.06. The SMILES string of the molecule is Cc1ccccc1-n1ncc(-c2nc(C3(N)CCCC3)no2)c1C(F)(F)F. The van der Waals surface area contributed by atoms with Crippen molar-refractivity contribution in [1.29, 1.82) is 0 Å². The largest absolute Gasteiger partial charge is 0.434 e. The molecule has 0 unspecified atom stereocenters. The molecule has 2 heterocycles. The van der Waals surface area contributed by atoms with Gasteiger partial charge in [-0.15, -0.1) is 0 Å². The van der Waals surface area contributed by atoms with Gasteiger partial charge in [-0.1, -0.05) is 36.2 Å². The van der Waals surface area contributed by atoms with E-state index in [1.54, 1.807) is 31.2 Å². The third-order valence-corrected chi connectivity index (χ3v) is 4.98. The Balaban J connectivity index is 1.83. The molecule has 9 heteroatoms. The number of hydrogen-bond donors (Lipinski definition) is 1. The van der Waals surface area contributed by atoms with Crippen molar-refractivity contribution in [2.24, 2.45) is 5.73 Å². The Hall–Kier alpha value is -2.68. The second kappa shape index (κ2) is 6.19. The predicted octanol–water partition coefficient (Wildman–Crippen LogP) is 3.98. The van der Waals surface area contributed by atoms with E-state index >= 15 is 0 Å². The number of hydrogen-bond acceptors (Lipinski definition) is 5. The first-order valence-corrected chi connectivity index (χ1v) is 8.64. The maximum atomic E-state index is 13.9. The van der Waals surface area contributed by atoms with Gasteiger partial charge in [-0.3, -0.25) is 0 Å². The highest BCUT2D eigenvalue weighted by atomic mass is 19.4. The maximum Gasteiger partial charge on any atom is 0.434 e. The van der Waals surface area contributed by atoms with E-state index in [1.807, 2.05) is 0 Å². The minimum atomic E-state index is -4.66. The summed E-state index contributed by atoms with van der Waals surface area (Å²) < 4.78 is 47.6. The first kappa shape index (κ1) is 17.7. The molecule has 6 nitrogen and oxygen atoms in total. The van der Waals surface area contributed by atoms with Crippen LogP contribution in [0.2, 0.25) is 0 Å². The molecule has 2 aromatic heterocycles. The van der Waals surface area contributed by atoms with Crippen molar-refractivity contribution in [3.8, 4) is 17.1 Å². The van der Waals surface area contributed by atoms with Gasteiger partial charge in [0.15, 0.2) is 11.5 Å². The lowest BCUT2D eigenvalue weighted by molar-refractivity contribution is -0.142. The Bertz CT molecular complexity index is 970. The van der Waals surface area contributed by atoms with Gasteiger partial charge in [-0.05, 0) is 31.4 Å². The average molecular weight is 377 g/mol. The average Bonchev–Trinajstić information content (AvgIpc) is 3.33. The lowest BCUT2D eigenvalue weighted by Gasteiger charge is -2.17. The van der Waals surface area contributed by atoms with Crippen LogP contribution in [-0.4, -0.2) is 19.9 Å². The van der Waals surface area contributed by atoms with E-state index in [2.05, 4.69) is 15.2 Å². The van der Waals surface area contributed by atoms with Crippen LogP contribution < -0.4 is 5.73 Å². The molecule has 27 heavy (non-hydrogen) atoms. The van der Waals surface area contributed by atoms with E-state index in [-0.39, 0.29) is 17.3 Å². The summed E-state index contributed by atoms with van der Waals surface area (Å²) in [5.74, 6) is 0.0145. The summed E-state index contributed by atoms with van der Waals surface area (Å²) in [6.07, 6.45) is -0.333. The lowest BCUT2D eigenvalue weighted by atomic mass is 9.99. The fourth-order valence-corrected chi connectivity index (χ4v) is 3.53. The van der Waals surface area contributed by atoms with Crippen LogP contribution in [0.3, 0.4) is 0 Å². The Morgan fingerprint density at radius 1 is 1.19 bits per heavy atom. The van der Waals surface area contributed by atoms with Gasteiger partial charge < -0.3 is 10.3 Å². The monoisotopic (exact) mass is 377 g/mol. The van der Waals surface area contributed by atoms with Crippen molar-refractivity contribution in [3.63, 3.8) is 0 Å². The topological polar surface area (TPSA) is 82.8 Å². The number of aryl methyl sites for hydroxylation is 1. The van der Waals surface area contributed by atoms with Crippen LogP contribution in [0.5, 0.6) is 0 Å². The van der Waals surface area contributed by atoms with Crippen molar-refractivity contribution >= 4 is 0 Å². The van der Waals surface area contributed by atoms with Crippen LogP contribution in [0.15, 0.2) is 35.0 Å². The van der Waals surface area contributed by atoms with Gasteiger partial charge in [-0.25, -0.2) is 4.68 Å². The van der Waals surface area contributed by atoms with Crippen molar-refractivity contribution in [2.45, 2.75) is 44.3 Å². The lowest BCUT2D eigenvalue weighted by Crippen LogP contribution is -2.34. The quantitative estimate of drug-likeness (QED) is 0.747. The van der Waals surface area contributed by atoms with Crippen LogP contribution in [0, 0.1) is 6.92 Å². The van der Waals surface area contributed by atoms with E-state index in [0.717, 1.165) is 23.7 Å². The summed E-state index contributed by atoms with van der Waals surface area (Å²) in [6.45, 7) is 1.72. The molecule has 1 aliphatic carbocycles. The van der Waals surface area contributed by atoms with E-state index in [1.165, 1.54) is 0 Å². The fraction of sp³-hybridized carbons (Fsp3) is 0.389. The standard InChI is InChI=1S/C18H18F3N5O/c1-11-6-2-3-7-13(11)26-14(18(19,20)21)12(10-23-26)15-24-16(25-27-15)17(22)8-4-5-9-17/h2-3,6-7,10H,4-5,8-9,22H2,1H3. The number of aromatic nitrogens is 4. The Labute approximate surface area is 153 Å². The van der Waals surface area contributed by atoms with Gasteiger partial charge in [0, 0.05) is 0 Å². The molecule has 3 aromatic rings. The Morgan fingerprint density at radius 2 is 1.89 bits per heavy atom. The summed E-state index contributed by atoms with van der Waals surface area (Å²) in [5.41, 5.74) is 5.33. The first-order chi connectivity index (χ1) is 12.8. The number of nitrogens with zero attached hydrogens (tertiary/aromatic N) is 4. The maximum absolute atomic E-state index is 13.9. The molecule has 0 amide bonds. The smallest absolute Gasteiger partial charge is 0.334 e. The number of rotatable bonds is 3. The minimum absolute atomic E-state index is 0.228. The molecule has 0 atom stereocenters. The zero-order valence-electron chi connectivity index (χ0n) is 14.6. The minimum Gasteiger partial charge on any atom is -0.334 e. The van der Waals surface area contributed by atoms with Crippen LogP contribution >= 0.6 is 0 Å². The normalized spacial score (nSPS) is 16.8. The van der Waals surface area contributed by atoms with Crippen LogP contribution in [0.4, 0.5) is 13.2 Å². The fourth-order valence-electron chi connectivity index (χ4n) is 3.53. The highest BCUT2D eigenvalue weighted by Gasteiger charge is 2.42. The van der Waals surface area contributed by atoms with Crippen molar-refractivity contribution in [2.75, 3.05) is 0 Å². The zero-order chi connectivity index (χ0) is 19.2. The highest BCUT2D eigenvalue weighted by molar-refractivity contribution is 5.59. The zero-order valence-corrected chi connectivity index (χ0v) is 14.6. The van der Waals surface area contributed by atoms with E-state index in [4.69, 9.17) is 10.3 Å². The van der Waals surface area contributed by atoms with Crippen LogP contribution in [0.25, 0.3) is 17.1 Å². The summed E-state index contributed by atoms with van der Waals surface area (Å²) in [7, 11) is 0. The molecular formula is C18H18F3N5O. The number of benzene rings is 1. The molecule has 1 saturated carbocycles. The summed E-state index contributed by atoms with van der Waals surface area (Å²) in [5, 5.41) is 7.81. The molecule has 142 valence electrons. The van der Waals surface area contributed by atoms with E-state index in [9.17, 15) is 13.2 Å². The van der Waals surface area contributed by atoms with Gasteiger partial charge in [0.2, 0.25) is 0 Å². The first-order valence-electron chi connectivity index (χ1n) is 8.64. The number of alkyl halides is 3. The summed E-state index contributed by atoms with van der Waals surface area (Å²) in [4.78, 5) is 4.18. The molecule has 0 aliphatic heterocycles. The molecule has 1 aromatic carbocycles. The summed E-state index contributed by atoms with van der Waals surface area (Å²) in [6, 6.07) is 6.71. The van der Waals surface area contributed by atoms with Crippen LogP contribution in [-0.2, 0) is 11.7 Å². The van der Waals surface area contributed by atoms with Crippen molar-refractivity contribution in [1.82, 2.24) is 19.9 Å². The molecule has 2 N–H and O–H groups in total. The molecule has 0 radical (unpaired) electrons. The molecule has 0 spiro atoms. The number of halogens is 3. The Morgan fingerprint density at radius 3 is 2.56 bits per heavy atom. The highest BCUT2D eigenvalue weighted by Crippen LogP contribution is 2.40. The van der Waals surface area contributed by atoms with E-state index in [0.29, 0.717) is 24.1 Å². The molecular weight excluding hydrogens is 359 g/mol. The van der Waals surface area contributed by atoms with Crippen molar-refractivity contribution in [3.05, 3.63) is 47.5 Å². The van der Waals surface area contributed by atoms with Gasteiger partial charge in [0.05, 0.1) is 23.0 Å². The number of para-hydroxylation sites is 1. The summed E-state index contributed by atoms with van der Waals surface area (Å²) >= 11 is 0. The molecule has 1 fully saturated rings. The molecule has 0 bridgehead atoms.